The van der Waals surface area contributed by atoms with Gasteiger partial charge in [0.1, 0.15) is 5.82 Å². The molecule has 1 aliphatic rings. The largest absolute Gasteiger partial charge is 0.454 e. The molecule has 0 bridgehead atoms. The highest BCUT2D eigenvalue weighted by molar-refractivity contribution is 9.10. The molecule has 1 atom stereocenters. The summed E-state index contributed by atoms with van der Waals surface area (Å²) in [5.74, 6) is -1.66. The third kappa shape index (κ3) is 2.06. The fraction of sp³-hybridized carbons (Fsp3) is 0.200. The first-order chi connectivity index (χ1) is 7.58. The van der Waals surface area contributed by atoms with Crippen LogP contribution in [0.3, 0.4) is 0 Å². The maximum absolute atomic E-state index is 13.5. The molecule has 16 heavy (non-hydrogen) atoms. The van der Waals surface area contributed by atoms with Crippen molar-refractivity contribution >= 4 is 27.8 Å². The Morgan fingerprint density at radius 2 is 2.19 bits per heavy atom. The molecule has 0 spiro atoms. The van der Waals surface area contributed by atoms with Gasteiger partial charge in [-0.3, -0.25) is 4.79 Å². The molecule has 84 valence electrons. The van der Waals surface area contributed by atoms with Crippen LogP contribution >= 0.6 is 15.9 Å². The summed E-state index contributed by atoms with van der Waals surface area (Å²) in [5, 5.41) is 2.38. The Balaban J connectivity index is 2.38. The standard InChI is InChI=1S/C10H7BrFNO3/c11-5-1-2-7(12)6(3-5)9-10(15)16-4-8(14)13-9/h1-3,9H,4H2,(H,13,14). The molecule has 4 nitrogen and oxygen atoms in total. The molecule has 1 aliphatic heterocycles. The lowest BCUT2D eigenvalue weighted by molar-refractivity contribution is -0.157. The van der Waals surface area contributed by atoms with Gasteiger partial charge in [0, 0.05) is 10.0 Å². The molecule has 0 radical (unpaired) electrons. The molecule has 1 unspecified atom stereocenters. The van der Waals surface area contributed by atoms with E-state index in [4.69, 9.17) is 0 Å². The lowest BCUT2D eigenvalue weighted by atomic mass is 10.1. The number of morpholine rings is 1. The second kappa shape index (κ2) is 4.21. The summed E-state index contributed by atoms with van der Waals surface area (Å²) in [6, 6.07) is 3.09. The van der Waals surface area contributed by atoms with E-state index in [1.54, 1.807) is 0 Å². The molecular formula is C10H7BrFNO3. The third-order valence-electron chi connectivity index (χ3n) is 2.16. The van der Waals surface area contributed by atoms with Gasteiger partial charge in [-0.05, 0) is 18.2 Å². The van der Waals surface area contributed by atoms with E-state index in [1.165, 1.54) is 18.2 Å². The number of hydrogen-bond acceptors (Lipinski definition) is 3. The van der Waals surface area contributed by atoms with Crippen molar-refractivity contribution in [2.75, 3.05) is 6.61 Å². The lowest BCUT2D eigenvalue weighted by Crippen LogP contribution is -2.43. The Morgan fingerprint density at radius 1 is 1.44 bits per heavy atom. The van der Waals surface area contributed by atoms with Crippen molar-refractivity contribution in [2.45, 2.75) is 6.04 Å². The fourth-order valence-corrected chi connectivity index (χ4v) is 1.80. The number of hydrogen-bond donors (Lipinski definition) is 1. The maximum Gasteiger partial charge on any atom is 0.333 e. The number of benzene rings is 1. The molecular weight excluding hydrogens is 281 g/mol. The molecule has 1 aromatic carbocycles. The van der Waals surface area contributed by atoms with Crippen LogP contribution in [-0.2, 0) is 14.3 Å². The molecule has 1 amide bonds. The summed E-state index contributed by atoms with van der Waals surface area (Å²) in [6.45, 7) is -0.315. The summed E-state index contributed by atoms with van der Waals surface area (Å²) in [6.07, 6.45) is 0. The fourth-order valence-electron chi connectivity index (χ4n) is 1.42. The van der Waals surface area contributed by atoms with Crippen molar-refractivity contribution < 1.29 is 18.7 Å². The number of carbonyl (C=O) groups excluding carboxylic acids is 2. The van der Waals surface area contributed by atoms with Crippen LogP contribution in [0.4, 0.5) is 4.39 Å². The zero-order chi connectivity index (χ0) is 11.7. The lowest BCUT2D eigenvalue weighted by Gasteiger charge is -2.22. The number of nitrogens with one attached hydrogen (secondary N) is 1. The van der Waals surface area contributed by atoms with Gasteiger partial charge in [-0.1, -0.05) is 15.9 Å². The predicted octanol–water partition coefficient (Wildman–Crippen LogP) is 1.30. The zero-order valence-electron chi connectivity index (χ0n) is 8.00. The van der Waals surface area contributed by atoms with Crippen LogP contribution in [0.2, 0.25) is 0 Å². The van der Waals surface area contributed by atoms with Crippen molar-refractivity contribution in [3.8, 4) is 0 Å². The molecule has 1 saturated heterocycles. The molecule has 1 fully saturated rings. The number of halogens is 2. The molecule has 0 aliphatic carbocycles. The van der Waals surface area contributed by atoms with Crippen LogP contribution in [0.5, 0.6) is 0 Å². The third-order valence-corrected chi connectivity index (χ3v) is 2.65. The van der Waals surface area contributed by atoms with Crippen LogP contribution in [0.25, 0.3) is 0 Å². The van der Waals surface area contributed by atoms with Crippen molar-refractivity contribution in [1.29, 1.82) is 0 Å². The topological polar surface area (TPSA) is 55.4 Å². The van der Waals surface area contributed by atoms with Gasteiger partial charge in [0.05, 0.1) is 0 Å². The molecule has 1 heterocycles. The van der Waals surface area contributed by atoms with Crippen LogP contribution in [0, 0.1) is 5.82 Å². The molecule has 1 aromatic rings. The molecule has 2 rings (SSSR count). The average molecular weight is 288 g/mol. The summed E-state index contributed by atoms with van der Waals surface area (Å²) in [7, 11) is 0. The zero-order valence-corrected chi connectivity index (χ0v) is 9.58. The van der Waals surface area contributed by atoms with Gasteiger partial charge >= 0.3 is 5.97 Å². The van der Waals surface area contributed by atoms with E-state index >= 15 is 0 Å². The van der Waals surface area contributed by atoms with E-state index in [2.05, 4.69) is 26.0 Å². The van der Waals surface area contributed by atoms with Crippen LogP contribution in [-0.4, -0.2) is 18.5 Å². The Bertz CT molecular complexity index is 463. The molecule has 0 aromatic heterocycles. The highest BCUT2D eigenvalue weighted by atomic mass is 79.9. The minimum atomic E-state index is -1.07. The van der Waals surface area contributed by atoms with Gasteiger partial charge in [-0.15, -0.1) is 0 Å². The highest BCUT2D eigenvalue weighted by Crippen LogP contribution is 2.24. The number of rotatable bonds is 1. The Hall–Kier alpha value is -1.43. The van der Waals surface area contributed by atoms with Gasteiger partial charge in [0.25, 0.3) is 5.91 Å². The van der Waals surface area contributed by atoms with E-state index in [1.807, 2.05) is 0 Å². The van der Waals surface area contributed by atoms with Gasteiger partial charge in [-0.25, -0.2) is 9.18 Å². The Kier molecular flexibility index (Phi) is 2.91. The van der Waals surface area contributed by atoms with E-state index in [0.29, 0.717) is 4.47 Å². The van der Waals surface area contributed by atoms with Crippen LogP contribution in [0.1, 0.15) is 11.6 Å². The van der Waals surface area contributed by atoms with E-state index < -0.39 is 23.7 Å². The highest BCUT2D eigenvalue weighted by Gasteiger charge is 2.31. The number of amides is 1. The van der Waals surface area contributed by atoms with Gasteiger partial charge in [0.2, 0.25) is 0 Å². The summed E-state index contributed by atoms with van der Waals surface area (Å²) < 4.78 is 18.7. The average Bonchev–Trinajstić information content (AvgIpc) is 2.25. The maximum atomic E-state index is 13.5. The first-order valence-corrected chi connectivity index (χ1v) is 5.28. The molecule has 1 N–H and O–H groups in total. The van der Waals surface area contributed by atoms with Gasteiger partial charge < -0.3 is 10.1 Å². The summed E-state index contributed by atoms with van der Waals surface area (Å²) in [5.41, 5.74) is 0.0902. The number of cyclic esters (lactones) is 1. The summed E-state index contributed by atoms with van der Waals surface area (Å²) >= 11 is 3.17. The quantitative estimate of drug-likeness (QED) is 0.793. The second-order valence-electron chi connectivity index (χ2n) is 3.27. The van der Waals surface area contributed by atoms with Crippen LogP contribution < -0.4 is 5.32 Å². The second-order valence-corrected chi connectivity index (χ2v) is 4.19. The van der Waals surface area contributed by atoms with Gasteiger partial charge in [-0.2, -0.15) is 0 Å². The Labute approximate surface area is 98.9 Å². The van der Waals surface area contributed by atoms with Crippen molar-refractivity contribution in [3.63, 3.8) is 0 Å². The van der Waals surface area contributed by atoms with Crippen molar-refractivity contribution in [1.82, 2.24) is 5.32 Å². The summed E-state index contributed by atoms with van der Waals surface area (Å²) in [4.78, 5) is 22.5. The normalized spacial score (nSPS) is 20.2. The van der Waals surface area contributed by atoms with Crippen molar-refractivity contribution in [3.05, 3.63) is 34.1 Å². The number of carbonyl (C=O) groups is 2. The molecule has 6 heteroatoms. The van der Waals surface area contributed by atoms with Crippen LogP contribution in [0.15, 0.2) is 22.7 Å². The van der Waals surface area contributed by atoms with E-state index in [0.717, 1.165) is 0 Å². The van der Waals surface area contributed by atoms with E-state index in [-0.39, 0.29) is 12.2 Å². The van der Waals surface area contributed by atoms with Crippen molar-refractivity contribution in [2.24, 2.45) is 0 Å². The SMILES string of the molecule is O=C1COC(=O)C(c2cc(Br)ccc2F)N1. The monoisotopic (exact) mass is 287 g/mol. The molecule has 0 saturated carbocycles. The Morgan fingerprint density at radius 3 is 2.94 bits per heavy atom. The first-order valence-electron chi connectivity index (χ1n) is 4.49. The number of esters is 1. The van der Waals surface area contributed by atoms with Gasteiger partial charge in [0.15, 0.2) is 12.6 Å². The predicted molar refractivity (Wildman–Crippen MR) is 55.9 cm³/mol. The minimum Gasteiger partial charge on any atom is -0.454 e. The number of ether oxygens (including phenoxy) is 1. The first kappa shape index (κ1) is 11.1. The minimum absolute atomic E-state index is 0.0902. The smallest absolute Gasteiger partial charge is 0.333 e. The van der Waals surface area contributed by atoms with E-state index in [9.17, 15) is 14.0 Å².